The summed E-state index contributed by atoms with van der Waals surface area (Å²) in [6.45, 7) is 28.8. The Balaban J connectivity index is 4.02. The van der Waals surface area contributed by atoms with E-state index in [-0.39, 0.29) is 37.0 Å². The van der Waals surface area contributed by atoms with Gasteiger partial charge in [0, 0.05) is 0 Å². The summed E-state index contributed by atoms with van der Waals surface area (Å²) < 4.78 is 0. The van der Waals surface area contributed by atoms with Crippen molar-refractivity contribution in [3.63, 3.8) is 0 Å². The van der Waals surface area contributed by atoms with Crippen LogP contribution in [-0.4, -0.2) is 108 Å². The van der Waals surface area contributed by atoms with E-state index in [0.717, 1.165) is 0 Å². The molecule has 384 valence electrons. The van der Waals surface area contributed by atoms with Crippen LogP contribution in [0.3, 0.4) is 0 Å². The van der Waals surface area contributed by atoms with Crippen LogP contribution in [0.5, 0.6) is 0 Å². The van der Waals surface area contributed by atoms with Crippen LogP contribution in [0.2, 0.25) is 0 Å². The fourth-order valence-electron chi connectivity index (χ4n) is 7.74. The van der Waals surface area contributed by atoms with Gasteiger partial charge in [-0.25, -0.2) is 0 Å². The van der Waals surface area contributed by atoms with Crippen molar-refractivity contribution in [2.24, 2.45) is 47.3 Å². The molecule has 0 radical (unpaired) electrons. The summed E-state index contributed by atoms with van der Waals surface area (Å²) in [4.78, 5) is 126. The summed E-state index contributed by atoms with van der Waals surface area (Å²) >= 11 is 0. The average Bonchev–Trinajstić information content (AvgIpc) is 3.25. The fraction of sp³-hybridized carbons (Fsp3) is 0.816. The number of rotatable bonds is 15. The average molecular weight is 948 g/mol. The van der Waals surface area contributed by atoms with Gasteiger partial charge < -0.3 is 47.9 Å². The van der Waals surface area contributed by atoms with E-state index in [2.05, 4.69) is 47.9 Å². The number of nitrogens with one attached hydrogen (secondary N) is 9. The van der Waals surface area contributed by atoms with Crippen molar-refractivity contribution in [3.05, 3.63) is 0 Å². The van der Waals surface area contributed by atoms with E-state index >= 15 is 0 Å². The molecule has 12 unspecified atom stereocenters. The Bertz CT molecular complexity index is 1670. The van der Waals surface area contributed by atoms with Crippen molar-refractivity contribution < 1.29 is 43.2 Å². The van der Waals surface area contributed by atoms with Gasteiger partial charge in [0.2, 0.25) is 53.2 Å². The molecule has 1 fully saturated rings. The van der Waals surface area contributed by atoms with Gasteiger partial charge in [-0.15, -0.1) is 0 Å². The lowest BCUT2D eigenvalue weighted by atomic mass is 9.93. The van der Waals surface area contributed by atoms with Crippen LogP contribution in [0.25, 0.3) is 0 Å². The van der Waals surface area contributed by atoms with Crippen LogP contribution < -0.4 is 47.9 Å². The SMILES string of the molecule is CCC(C)C1NC(=O)C(CC(C)C)NC(=O)C(CC(C)C)NC(=O)CNC(=O)C(C(C)CC)NC(=O)C(C(C)CC)NC(=O)C(C(C)C)NC(=O)C(CC(C)C)NC(=O)C(C(C)CC)NC1=O. The summed E-state index contributed by atoms with van der Waals surface area (Å²) in [5.41, 5.74) is 0. The van der Waals surface area contributed by atoms with Crippen molar-refractivity contribution in [1.29, 1.82) is 0 Å². The maximum atomic E-state index is 14.3. The molecule has 18 heteroatoms. The van der Waals surface area contributed by atoms with Crippen LogP contribution in [0, 0.1) is 47.3 Å². The highest BCUT2D eigenvalue weighted by molar-refractivity contribution is 5.99. The Labute approximate surface area is 401 Å². The Morgan fingerprint density at radius 1 is 0.343 bits per heavy atom. The van der Waals surface area contributed by atoms with Gasteiger partial charge in [0.25, 0.3) is 0 Å². The maximum Gasteiger partial charge on any atom is 0.243 e. The standard InChI is InChI=1S/C49H89N9O9/c1-17-29(13)38-45(63)50-24-36(59)51-33(21-25(5)6)42(60)52-34(22-26(7)8)44(62)55-40(31(15)19-3)48(66)58-39(30(14)18-2)47(65)53-35(23-27(9)10)43(61)54-37(28(11)12)46(64)57-41(32(16)20-4)49(67)56-38/h25-35,37-41H,17-24H2,1-16H3,(H,50,63)(H,51,59)(H,52,60)(H,53,65)(H,54,61)(H,55,62)(H,56,67)(H,57,64)(H,58,66). The van der Waals surface area contributed by atoms with E-state index in [1.807, 2.05) is 69.2 Å². The van der Waals surface area contributed by atoms with Gasteiger partial charge in [0.05, 0.1) is 6.54 Å². The molecule has 9 N–H and O–H groups in total. The Morgan fingerprint density at radius 3 is 0.925 bits per heavy atom. The first kappa shape index (κ1) is 60.2. The fourth-order valence-corrected chi connectivity index (χ4v) is 7.74. The van der Waals surface area contributed by atoms with Crippen molar-refractivity contribution >= 4 is 53.2 Å². The van der Waals surface area contributed by atoms with E-state index < -0.39 is 138 Å². The van der Waals surface area contributed by atoms with Gasteiger partial charge in [0.15, 0.2) is 0 Å². The molecule has 18 nitrogen and oxygen atoms in total. The summed E-state index contributed by atoms with van der Waals surface area (Å²) in [5, 5.41) is 25.2. The number of carbonyl (C=O) groups excluding carboxylic acids is 9. The molecule has 0 bridgehead atoms. The largest absolute Gasteiger partial charge is 0.345 e. The van der Waals surface area contributed by atoms with Gasteiger partial charge in [0.1, 0.15) is 48.3 Å². The summed E-state index contributed by atoms with van der Waals surface area (Å²) in [7, 11) is 0. The van der Waals surface area contributed by atoms with E-state index in [9.17, 15) is 43.2 Å². The van der Waals surface area contributed by atoms with E-state index in [1.165, 1.54) is 0 Å². The third kappa shape index (κ3) is 19.8. The predicted molar refractivity (Wildman–Crippen MR) is 259 cm³/mol. The summed E-state index contributed by atoms with van der Waals surface area (Å²) in [6.07, 6.45) is 2.47. The molecular formula is C49H89N9O9. The maximum absolute atomic E-state index is 14.3. The minimum atomic E-state index is -1.14. The lowest BCUT2D eigenvalue weighted by Crippen LogP contribution is -2.62. The second-order valence-electron chi connectivity index (χ2n) is 20.6. The van der Waals surface area contributed by atoms with Gasteiger partial charge in [-0.2, -0.15) is 0 Å². The first-order valence-electron chi connectivity index (χ1n) is 24.9. The van der Waals surface area contributed by atoms with Gasteiger partial charge in [-0.05, 0) is 66.6 Å². The normalized spacial score (nSPS) is 27.3. The molecule has 0 saturated carbocycles. The van der Waals surface area contributed by atoms with Crippen molar-refractivity contribution in [2.75, 3.05) is 6.54 Å². The summed E-state index contributed by atoms with van der Waals surface area (Å²) in [6, 6.07) is -8.96. The monoisotopic (exact) mass is 948 g/mol. The molecule has 0 aromatic heterocycles. The van der Waals surface area contributed by atoms with Crippen molar-refractivity contribution in [1.82, 2.24) is 47.9 Å². The highest BCUT2D eigenvalue weighted by atomic mass is 16.2. The number of hydrogen-bond acceptors (Lipinski definition) is 9. The predicted octanol–water partition coefficient (Wildman–Crippen LogP) is 2.97. The van der Waals surface area contributed by atoms with Crippen LogP contribution in [0.15, 0.2) is 0 Å². The van der Waals surface area contributed by atoms with Gasteiger partial charge in [-0.3, -0.25) is 43.2 Å². The molecule has 0 aromatic carbocycles. The van der Waals surface area contributed by atoms with E-state index in [0.29, 0.717) is 25.7 Å². The molecular weight excluding hydrogens is 859 g/mol. The molecule has 1 aliphatic rings. The number of carbonyl (C=O) groups is 9. The molecule has 0 spiro atoms. The first-order valence-corrected chi connectivity index (χ1v) is 24.9. The molecule has 1 rings (SSSR count). The highest BCUT2D eigenvalue weighted by Crippen LogP contribution is 2.18. The highest BCUT2D eigenvalue weighted by Gasteiger charge is 2.39. The minimum Gasteiger partial charge on any atom is -0.345 e. The molecule has 12 atom stereocenters. The smallest absolute Gasteiger partial charge is 0.243 e. The van der Waals surface area contributed by atoms with Gasteiger partial charge in [-0.1, -0.05) is 136 Å². The van der Waals surface area contributed by atoms with Crippen LogP contribution in [0.4, 0.5) is 0 Å². The molecule has 1 heterocycles. The Kier molecular flexibility index (Phi) is 26.2. The molecule has 0 aromatic rings. The van der Waals surface area contributed by atoms with Gasteiger partial charge >= 0.3 is 0 Å². The van der Waals surface area contributed by atoms with Crippen molar-refractivity contribution in [2.45, 2.75) is 204 Å². The summed E-state index contributed by atoms with van der Waals surface area (Å²) in [5.74, 6) is -8.10. The van der Waals surface area contributed by atoms with Crippen LogP contribution in [0.1, 0.15) is 156 Å². The molecule has 9 amide bonds. The molecule has 67 heavy (non-hydrogen) atoms. The van der Waals surface area contributed by atoms with Crippen LogP contribution in [-0.2, 0) is 43.2 Å². The third-order valence-corrected chi connectivity index (χ3v) is 12.9. The minimum absolute atomic E-state index is 0.0730. The van der Waals surface area contributed by atoms with E-state index in [4.69, 9.17) is 0 Å². The second-order valence-corrected chi connectivity index (χ2v) is 20.6. The zero-order valence-electron chi connectivity index (χ0n) is 43.6. The van der Waals surface area contributed by atoms with Crippen molar-refractivity contribution in [3.8, 4) is 0 Å². The zero-order chi connectivity index (χ0) is 51.5. The number of amides is 9. The molecule has 1 aliphatic heterocycles. The quantitative estimate of drug-likeness (QED) is 0.117. The first-order chi connectivity index (χ1) is 31.2. The molecule has 1 saturated heterocycles. The number of hydrogen-bond donors (Lipinski definition) is 9. The Morgan fingerprint density at radius 2 is 0.597 bits per heavy atom. The lowest BCUT2D eigenvalue weighted by Gasteiger charge is -2.32. The zero-order valence-corrected chi connectivity index (χ0v) is 43.6. The topological polar surface area (TPSA) is 262 Å². The lowest BCUT2D eigenvalue weighted by molar-refractivity contribution is -0.137. The third-order valence-electron chi connectivity index (χ3n) is 12.9. The Hall–Kier alpha value is -4.77. The van der Waals surface area contributed by atoms with E-state index in [1.54, 1.807) is 41.5 Å². The van der Waals surface area contributed by atoms with Crippen LogP contribution >= 0.6 is 0 Å². The molecule has 0 aliphatic carbocycles. The second kappa shape index (κ2) is 29.2.